The maximum absolute atomic E-state index is 12.5. The molecule has 0 spiro atoms. The van der Waals surface area contributed by atoms with Crippen LogP contribution < -0.4 is 9.50 Å². The van der Waals surface area contributed by atoms with Crippen molar-refractivity contribution in [3.05, 3.63) is 53.6 Å². The number of aryl methyl sites for hydroxylation is 1. The number of carbonyl (C=O) groups excluding carboxylic acids is 1. The third kappa shape index (κ3) is 4.18. The Morgan fingerprint density at radius 2 is 1.84 bits per heavy atom. The van der Waals surface area contributed by atoms with Crippen LogP contribution in [0.3, 0.4) is 0 Å². The highest BCUT2D eigenvalue weighted by Gasteiger charge is 2.21. The predicted octanol–water partition coefficient (Wildman–Crippen LogP) is 2.53. The first-order valence-electron chi connectivity index (χ1n) is 7.93. The number of nitrogens with one attached hydrogen (secondary N) is 1. The molecule has 0 aliphatic carbocycles. The summed E-state index contributed by atoms with van der Waals surface area (Å²) in [5.41, 5.74) is 2.48. The van der Waals surface area contributed by atoms with E-state index in [9.17, 15) is 13.2 Å². The van der Waals surface area contributed by atoms with Crippen LogP contribution in [0.25, 0.3) is 0 Å². The zero-order chi connectivity index (χ0) is 17.9. The zero-order valence-electron chi connectivity index (χ0n) is 13.8. The molecular weight excluding hydrogens is 342 g/mol. The molecule has 0 saturated heterocycles. The van der Waals surface area contributed by atoms with Gasteiger partial charge in [-0.25, -0.2) is 0 Å². The van der Waals surface area contributed by atoms with Crippen LogP contribution in [0.4, 0.5) is 5.69 Å². The van der Waals surface area contributed by atoms with Crippen molar-refractivity contribution in [1.82, 2.24) is 0 Å². The summed E-state index contributed by atoms with van der Waals surface area (Å²) in [7, 11) is -2.29. The van der Waals surface area contributed by atoms with Crippen LogP contribution in [0.5, 0.6) is 5.75 Å². The van der Waals surface area contributed by atoms with Gasteiger partial charge < -0.3 is 14.2 Å². The highest BCUT2D eigenvalue weighted by atomic mass is 32.2. The van der Waals surface area contributed by atoms with Gasteiger partial charge in [-0.05, 0) is 54.3 Å². The summed E-state index contributed by atoms with van der Waals surface area (Å²) in [4.78, 5) is 11.5. The van der Waals surface area contributed by atoms with Crippen molar-refractivity contribution in [3.8, 4) is 5.75 Å². The number of hydrogen-bond acceptors (Lipinski definition) is 5. The predicted molar refractivity (Wildman–Crippen MR) is 93.2 cm³/mol. The van der Waals surface area contributed by atoms with Crippen molar-refractivity contribution < 1.29 is 22.1 Å². The minimum atomic E-state index is -3.93. The van der Waals surface area contributed by atoms with E-state index in [-0.39, 0.29) is 16.6 Å². The number of hydrogen-bond donors (Lipinski definition) is 1. The normalized spacial score (nSPS) is 13.9. The molecule has 1 amide bonds. The van der Waals surface area contributed by atoms with Gasteiger partial charge in [0.15, 0.2) is 0 Å². The quantitative estimate of drug-likeness (QED) is 0.800. The van der Waals surface area contributed by atoms with Crippen LogP contribution in [0.2, 0.25) is 0 Å². The summed E-state index contributed by atoms with van der Waals surface area (Å²) in [5.74, 6) is 0.195. The molecule has 0 unspecified atom stereocenters. The second-order valence-corrected chi connectivity index (χ2v) is 7.34. The molecule has 2 aromatic carbocycles. The fourth-order valence-electron chi connectivity index (χ4n) is 2.62. The summed E-state index contributed by atoms with van der Waals surface area (Å²) < 4.78 is 35.2. The van der Waals surface area contributed by atoms with Crippen molar-refractivity contribution >= 4 is 21.7 Å². The molecular formula is C18H19NO5S. The van der Waals surface area contributed by atoms with Gasteiger partial charge in [-0.1, -0.05) is 12.1 Å². The summed E-state index contributed by atoms with van der Waals surface area (Å²) >= 11 is 0. The fraction of sp³-hybridized carbons (Fsp3) is 0.278. The van der Waals surface area contributed by atoms with E-state index in [4.69, 9.17) is 8.92 Å². The molecule has 1 aliphatic heterocycles. The Morgan fingerprint density at radius 1 is 1.08 bits per heavy atom. The molecule has 0 aromatic heterocycles. The van der Waals surface area contributed by atoms with E-state index in [0.29, 0.717) is 25.1 Å². The Bertz CT molecular complexity index is 875. The van der Waals surface area contributed by atoms with Gasteiger partial charge in [-0.15, -0.1) is 0 Å². The number of anilines is 1. The molecule has 3 rings (SSSR count). The number of rotatable bonds is 6. The minimum Gasteiger partial charge on any atom is -0.384 e. The second-order valence-electron chi connectivity index (χ2n) is 5.79. The standard InChI is InChI=1S/C18H19NO5S/c1-23-11-10-13-2-5-15(6-3-13)24-25(21,22)16-7-8-17-14(12-16)4-9-18(20)19-17/h2-3,5-8,12H,4,9-11H2,1H3,(H,19,20). The van der Waals surface area contributed by atoms with Gasteiger partial charge in [0.25, 0.3) is 0 Å². The molecule has 2 aromatic rings. The Balaban J connectivity index is 1.76. The molecule has 6 nitrogen and oxygen atoms in total. The fourth-order valence-corrected chi connectivity index (χ4v) is 3.60. The van der Waals surface area contributed by atoms with E-state index in [1.807, 2.05) is 12.1 Å². The van der Waals surface area contributed by atoms with E-state index in [0.717, 1.165) is 17.5 Å². The van der Waals surface area contributed by atoms with Crippen LogP contribution in [-0.2, 0) is 32.5 Å². The van der Waals surface area contributed by atoms with Gasteiger partial charge in [-0.3, -0.25) is 4.79 Å². The topological polar surface area (TPSA) is 81.7 Å². The Hall–Kier alpha value is -2.38. The van der Waals surface area contributed by atoms with Crippen LogP contribution >= 0.6 is 0 Å². The number of methoxy groups -OCH3 is 1. The molecule has 0 atom stereocenters. The van der Waals surface area contributed by atoms with Crippen molar-refractivity contribution in [1.29, 1.82) is 0 Å². The molecule has 25 heavy (non-hydrogen) atoms. The maximum Gasteiger partial charge on any atom is 0.339 e. The van der Waals surface area contributed by atoms with Crippen molar-refractivity contribution in [3.63, 3.8) is 0 Å². The number of ether oxygens (including phenoxy) is 1. The maximum atomic E-state index is 12.5. The molecule has 0 saturated carbocycles. The van der Waals surface area contributed by atoms with Gasteiger partial charge in [0.05, 0.1) is 6.61 Å². The van der Waals surface area contributed by atoms with Gasteiger partial charge in [0, 0.05) is 19.2 Å². The van der Waals surface area contributed by atoms with Crippen molar-refractivity contribution in [2.24, 2.45) is 0 Å². The Morgan fingerprint density at radius 3 is 2.56 bits per heavy atom. The van der Waals surface area contributed by atoms with E-state index < -0.39 is 10.1 Å². The molecule has 7 heteroatoms. The van der Waals surface area contributed by atoms with E-state index in [2.05, 4.69) is 5.32 Å². The SMILES string of the molecule is COCCc1ccc(OS(=O)(=O)c2ccc3c(c2)CCC(=O)N3)cc1. The highest BCUT2D eigenvalue weighted by Crippen LogP contribution is 2.27. The van der Waals surface area contributed by atoms with E-state index in [1.54, 1.807) is 31.4 Å². The smallest absolute Gasteiger partial charge is 0.339 e. The summed E-state index contributed by atoms with van der Waals surface area (Å²) in [5, 5.41) is 2.73. The molecule has 0 fully saturated rings. The number of amides is 1. The lowest BCUT2D eigenvalue weighted by Gasteiger charge is -2.17. The number of benzene rings is 2. The third-order valence-electron chi connectivity index (χ3n) is 3.99. The Kier molecular flexibility index (Phi) is 5.06. The Labute approximate surface area is 146 Å². The van der Waals surface area contributed by atoms with Gasteiger partial charge in [0.1, 0.15) is 10.6 Å². The molecule has 132 valence electrons. The third-order valence-corrected chi connectivity index (χ3v) is 5.23. The lowest BCUT2D eigenvalue weighted by molar-refractivity contribution is -0.116. The first-order chi connectivity index (χ1) is 12.0. The first kappa shape index (κ1) is 17.4. The van der Waals surface area contributed by atoms with Crippen LogP contribution in [-0.4, -0.2) is 28.0 Å². The summed E-state index contributed by atoms with van der Waals surface area (Å²) in [6, 6.07) is 11.5. The molecule has 1 N–H and O–H groups in total. The summed E-state index contributed by atoms with van der Waals surface area (Å²) in [6.07, 6.45) is 1.61. The van der Waals surface area contributed by atoms with E-state index >= 15 is 0 Å². The highest BCUT2D eigenvalue weighted by molar-refractivity contribution is 7.87. The largest absolute Gasteiger partial charge is 0.384 e. The zero-order valence-corrected chi connectivity index (χ0v) is 14.6. The van der Waals surface area contributed by atoms with Crippen molar-refractivity contribution in [2.75, 3.05) is 19.0 Å². The lowest BCUT2D eigenvalue weighted by Crippen LogP contribution is -2.19. The lowest BCUT2D eigenvalue weighted by atomic mass is 10.0. The molecule has 0 radical (unpaired) electrons. The summed E-state index contributed by atoms with van der Waals surface area (Å²) in [6.45, 7) is 0.601. The first-order valence-corrected chi connectivity index (χ1v) is 9.34. The molecule has 1 heterocycles. The van der Waals surface area contributed by atoms with E-state index in [1.165, 1.54) is 6.07 Å². The van der Waals surface area contributed by atoms with Crippen LogP contribution in [0.15, 0.2) is 47.4 Å². The molecule has 1 aliphatic rings. The van der Waals surface area contributed by atoms with Crippen LogP contribution in [0, 0.1) is 0 Å². The number of carbonyl (C=O) groups is 1. The van der Waals surface area contributed by atoms with Gasteiger partial charge in [0.2, 0.25) is 5.91 Å². The number of fused-ring (bicyclic) bond motifs is 1. The molecule has 0 bridgehead atoms. The monoisotopic (exact) mass is 361 g/mol. The second kappa shape index (κ2) is 7.25. The van der Waals surface area contributed by atoms with Gasteiger partial charge in [-0.2, -0.15) is 8.42 Å². The van der Waals surface area contributed by atoms with Gasteiger partial charge >= 0.3 is 10.1 Å². The minimum absolute atomic E-state index is 0.0621. The average Bonchev–Trinajstić information content (AvgIpc) is 2.60. The van der Waals surface area contributed by atoms with Crippen LogP contribution in [0.1, 0.15) is 17.5 Å². The van der Waals surface area contributed by atoms with Crippen molar-refractivity contribution in [2.45, 2.75) is 24.2 Å². The average molecular weight is 361 g/mol.